The van der Waals surface area contributed by atoms with E-state index < -0.39 is 0 Å². The lowest BCUT2D eigenvalue weighted by molar-refractivity contribution is 0.102. The maximum absolute atomic E-state index is 13.1. The van der Waals surface area contributed by atoms with Gasteiger partial charge in [-0.2, -0.15) is 4.80 Å². The molecule has 1 amide bonds. The van der Waals surface area contributed by atoms with Crippen LogP contribution in [0.1, 0.15) is 62.9 Å². The molecule has 0 radical (unpaired) electrons. The fourth-order valence-corrected chi connectivity index (χ4v) is 5.36. The molecule has 0 atom stereocenters. The second-order valence-electron chi connectivity index (χ2n) is 10.0. The number of aryl methyl sites for hydroxylation is 1. The van der Waals surface area contributed by atoms with Gasteiger partial charge in [0.1, 0.15) is 5.75 Å². The van der Waals surface area contributed by atoms with Crippen LogP contribution in [0.3, 0.4) is 0 Å². The largest absolute Gasteiger partial charge is 0.497 e. The van der Waals surface area contributed by atoms with Gasteiger partial charge in [-0.05, 0) is 84.5 Å². The van der Waals surface area contributed by atoms with Crippen LogP contribution in [0.5, 0.6) is 5.75 Å². The molecule has 3 aromatic carbocycles. The van der Waals surface area contributed by atoms with Crippen LogP contribution in [0.25, 0.3) is 11.4 Å². The van der Waals surface area contributed by atoms with Crippen molar-refractivity contribution in [3.63, 3.8) is 0 Å². The summed E-state index contributed by atoms with van der Waals surface area (Å²) in [5, 5.41) is 18.8. The number of methoxy groups -OCH3 is 1. The third kappa shape index (κ3) is 6.18. The summed E-state index contributed by atoms with van der Waals surface area (Å²) in [6, 6.07) is 20.8. The molecule has 0 saturated heterocycles. The van der Waals surface area contributed by atoms with E-state index in [9.17, 15) is 4.79 Å². The van der Waals surface area contributed by atoms with Gasteiger partial charge in [-0.15, -0.1) is 21.5 Å². The Kier molecular flexibility index (Phi) is 7.56. The number of hydrogen-bond acceptors (Lipinski definition) is 7. The molecule has 1 aliphatic carbocycles. The number of aromatic nitrogens is 5. The lowest BCUT2D eigenvalue weighted by atomic mass is 9.83. The number of rotatable bonds is 7. The third-order valence-electron chi connectivity index (χ3n) is 7.14. The first kappa shape index (κ1) is 26.4. The number of benzene rings is 3. The Bertz CT molecular complexity index is 1760. The van der Waals surface area contributed by atoms with Crippen LogP contribution in [0.15, 0.2) is 72.1 Å². The fraction of sp³-hybridized carbons (Fsp3) is 0.219. The SMILES string of the molecule is COc1ccc(Cn2nnc(-c3ccc(C(=O)Nc4cccc(C#Cc5nc(C6CCC6)cs5)c4)c(C)c3)n2)cc1. The van der Waals surface area contributed by atoms with Crippen molar-refractivity contribution < 1.29 is 9.53 Å². The molecule has 0 bridgehead atoms. The van der Waals surface area contributed by atoms with Crippen LogP contribution in [-0.4, -0.2) is 38.2 Å². The maximum Gasteiger partial charge on any atom is 0.255 e. The van der Waals surface area contributed by atoms with Crippen LogP contribution in [-0.2, 0) is 6.54 Å². The van der Waals surface area contributed by atoms with E-state index in [1.54, 1.807) is 29.3 Å². The summed E-state index contributed by atoms with van der Waals surface area (Å²) >= 11 is 1.59. The number of ether oxygens (including phenoxy) is 1. The third-order valence-corrected chi connectivity index (χ3v) is 7.92. The van der Waals surface area contributed by atoms with E-state index in [4.69, 9.17) is 4.74 Å². The Morgan fingerprint density at radius 1 is 1.10 bits per heavy atom. The van der Waals surface area contributed by atoms with Gasteiger partial charge in [0.25, 0.3) is 5.91 Å². The van der Waals surface area contributed by atoms with Crippen molar-refractivity contribution in [3.05, 3.63) is 105 Å². The highest BCUT2D eigenvalue weighted by Gasteiger charge is 2.21. The van der Waals surface area contributed by atoms with Crippen molar-refractivity contribution in [1.29, 1.82) is 0 Å². The van der Waals surface area contributed by atoms with Crippen molar-refractivity contribution in [2.75, 3.05) is 12.4 Å². The lowest BCUT2D eigenvalue weighted by Gasteiger charge is -2.22. The molecule has 9 heteroatoms. The van der Waals surface area contributed by atoms with Crippen LogP contribution in [0.2, 0.25) is 0 Å². The van der Waals surface area contributed by atoms with Gasteiger partial charge in [0, 0.05) is 33.7 Å². The summed E-state index contributed by atoms with van der Waals surface area (Å²) in [6.07, 6.45) is 3.74. The standard InChI is InChI=1S/C32H28N6O2S/c1-21-17-25(31-35-37-38(36-31)19-23-9-13-27(40-2)14-10-23)12-15-28(21)32(39)33-26-8-3-5-22(18-26)11-16-30-34-29(20-41-30)24-6-4-7-24/h3,5,8-10,12-15,17-18,20,24H,4,6-7,19H2,1-2H3,(H,33,39). The lowest BCUT2D eigenvalue weighted by Crippen LogP contribution is -2.13. The van der Waals surface area contributed by atoms with Gasteiger partial charge in [-0.1, -0.05) is 36.6 Å². The van der Waals surface area contributed by atoms with Crippen molar-refractivity contribution in [3.8, 4) is 29.0 Å². The van der Waals surface area contributed by atoms with Crippen LogP contribution < -0.4 is 10.1 Å². The Morgan fingerprint density at radius 2 is 1.95 bits per heavy atom. The van der Waals surface area contributed by atoms with Gasteiger partial charge < -0.3 is 10.1 Å². The first-order valence-electron chi connectivity index (χ1n) is 13.4. The average molecular weight is 561 g/mol. The van der Waals surface area contributed by atoms with Gasteiger partial charge in [-0.3, -0.25) is 4.79 Å². The summed E-state index contributed by atoms with van der Waals surface area (Å²) in [7, 11) is 1.64. The predicted octanol–water partition coefficient (Wildman–Crippen LogP) is 6.08. The first-order valence-corrected chi connectivity index (χ1v) is 14.3. The number of amides is 1. The molecule has 41 heavy (non-hydrogen) atoms. The quantitative estimate of drug-likeness (QED) is 0.242. The van der Waals surface area contributed by atoms with E-state index in [0.717, 1.165) is 33.0 Å². The second kappa shape index (κ2) is 11.7. The molecule has 0 unspecified atom stereocenters. The van der Waals surface area contributed by atoms with Gasteiger partial charge in [0.2, 0.25) is 5.82 Å². The van der Waals surface area contributed by atoms with Crippen molar-refractivity contribution in [2.45, 2.75) is 38.6 Å². The van der Waals surface area contributed by atoms with E-state index in [1.165, 1.54) is 25.0 Å². The number of hydrogen-bond donors (Lipinski definition) is 1. The number of carbonyl (C=O) groups excluding carboxylic acids is 1. The maximum atomic E-state index is 13.1. The highest BCUT2D eigenvalue weighted by atomic mass is 32.1. The van der Waals surface area contributed by atoms with Crippen molar-refractivity contribution in [1.82, 2.24) is 25.2 Å². The van der Waals surface area contributed by atoms with E-state index in [1.807, 2.05) is 67.6 Å². The number of carbonyl (C=O) groups is 1. The Hall–Kier alpha value is -4.81. The monoisotopic (exact) mass is 560 g/mol. The molecule has 2 aromatic heterocycles. The molecule has 2 heterocycles. The average Bonchev–Trinajstić information content (AvgIpc) is 3.61. The summed E-state index contributed by atoms with van der Waals surface area (Å²) in [5.41, 5.74) is 5.88. The Labute approximate surface area is 242 Å². The summed E-state index contributed by atoms with van der Waals surface area (Å²) < 4.78 is 5.21. The van der Waals surface area contributed by atoms with E-state index in [0.29, 0.717) is 29.5 Å². The molecule has 5 aromatic rings. The molecule has 8 nitrogen and oxygen atoms in total. The predicted molar refractivity (Wildman–Crippen MR) is 159 cm³/mol. The zero-order chi connectivity index (χ0) is 28.2. The number of anilines is 1. The smallest absolute Gasteiger partial charge is 0.255 e. The highest BCUT2D eigenvalue weighted by Crippen LogP contribution is 2.36. The van der Waals surface area contributed by atoms with Gasteiger partial charge in [0.05, 0.1) is 19.3 Å². The molecule has 0 spiro atoms. The van der Waals surface area contributed by atoms with Crippen LogP contribution in [0, 0.1) is 18.8 Å². The van der Waals surface area contributed by atoms with Gasteiger partial charge in [-0.25, -0.2) is 4.98 Å². The minimum atomic E-state index is -0.194. The zero-order valence-electron chi connectivity index (χ0n) is 22.8. The molecular weight excluding hydrogens is 532 g/mol. The van der Waals surface area contributed by atoms with E-state index in [2.05, 4.69) is 42.9 Å². The minimum absolute atomic E-state index is 0.194. The van der Waals surface area contributed by atoms with E-state index >= 15 is 0 Å². The van der Waals surface area contributed by atoms with E-state index in [-0.39, 0.29) is 5.91 Å². The molecular formula is C32H28N6O2S. The van der Waals surface area contributed by atoms with Gasteiger partial charge >= 0.3 is 0 Å². The molecule has 0 aliphatic heterocycles. The first-order chi connectivity index (χ1) is 20.0. The molecule has 204 valence electrons. The van der Waals surface area contributed by atoms with Crippen LogP contribution in [0.4, 0.5) is 5.69 Å². The fourth-order valence-electron chi connectivity index (χ4n) is 4.61. The van der Waals surface area contributed by atoms with Gasteiger partial charge in [0.15, 0.2) is 5.01 Å². The topological polar surface area (TPSA) is 94.8 Å². The van der Waals surface area contributed by atoms with Crippen LogP contribution >= 0.6 is 11.3 Å². The highest BCUT2D eigenvalue weighted by molar-refractivity contribution is 7.10. The number of thiazole rings is 1. The Morgan fingerprint density at radius 3 is 2.71 bits per heavy atom. The van der Waals surface area contributed by atoms with Crippen molar-refractivity contribution in [2.24, 2.45) is 0 Å². The molecule has 1 saturated carbocycles. The molecule has 6 rings (SSSR count). The molecule has 1 fully saturated rings. The Balaban J connectivity index is 1.10. The second-order valence-corrected chi connectivity index (χ2v) is 10.9. The minimum Gasteiger partial charge on any atom is -0.497 e. The summed E-state index contributed by atoms with van der Waals surface area (Å²) in [5.74, 6) is 8.06. The number of nitrogens with one attached hydrogen (secondary N) is 1. The number of tetrazole rings is 1. The van der Waals surface area contributed by atoms with Crippen molar-refractivity contribution >= 4 is 22.9 Å². The molecule has 1 N–H and O–H groups in total. The zero-order valence-corrected chi connectivity index (χ0v) is 23.6. The molecule has 1 aliphatic rings. The number of nitrogens with zero attached hydrogens (tertiary/aromatic N) is 5. The summed E-state index contributed by atoms with van der Waals surface area (Å²) in [6.45, 7) is 2.39. The summed E-state index contributed by atoms with van der Waals surface area (Å²) in [4.78, 5) is 19.3. The normalized spacial score (nSPS) is 12.7.